The summed E-state index contributed by atoms with van der Waals surface area (Å²) in [6, 6.07) is 25.3. The van der Waals surface area contributed by atoms with E-state index in [1.54, 1.807) is 30.3 Å². The highest BCUT2D eigenvalue weighted by Gasteiger charge is 2.56. The number of esters is 1. The summed E-state index contributed by atoms with van der Waals surface area (Å²) in [6.45, 7) is 1.34. The average molecular weight is 557 g/mol. The number of rotatable bonds is 8. The summed E-state index contributed by atoms with van der Waals surface area (Å²) in [4.78, 5) is 65.4. The maximum Gasteiger partial charge on any atom is 0.353 e. The lowest BCUT2D eigenvalue weighted by Gasteiger charge is -2.48. The van der Waals surface area contributed by atoms with E-state index in [1.165, 1.54) is 6.92 Å². The van der Waals surface area contributed by atoms with Crippen molar-refractivity contribution in [3.8, 4) is 0 Å². The second kappa shape index (κ2) is 11.2. The third kappa shape index (κ3) is 5.01. The predicted octanol–water partition coefficient (Wildman–Crippen LogP) is 3.39. The number of aliphatic carboxylic acids is 1. The number of carbonyl (C=O) groups excluding carboxylic acids is 4. The van der Waals surface area contributed by atoms with E-state index in [4.69, 9.17) is 4.74 Å². The summed E-state index contributed by atoms with van der Waals surface area (Å²) in [7, 11) is 0. The molecule has 2 heterocycles. The Labute approximate surface area is 233 Å². The Bertz CT molecular complexity index is 1470. The van der Waals surface area contributed by atoms with Crippen molar-refractivity contribution in [2.75, 3.05) is 0 Å². The zero-order valence-electron chi connectivity index (χ0n) is 21.2. The van der Waals surface area contributed by atoms with Crippen molar-refractivity contribution in [1.82, 2.24) is 10.2 Å². The maximum atomic E-state index is 13.7. The molecule has 0 saturated carbocycles. The molecule has 2 aliphatic rings. The summed E-state index contributed by atoms with van der Waals surface area (Å²) in [5.41, 5.74) is 1.31. The number of hydrogen-bond acceptors (Lipinski definition) is 7. The molecule has 0 aromatic heterocycles. The molecule has 0 radical (unpaired) electrons. The van der Waals surface area contributed by atoms with Crippen LogP contribution >= 0.6 is 11.8 Å². The Balaban J connectivity index is 1.42. The number of nitrogens with one attached hydrogen (secondary N) is 1. The van der Waals surface area contributed by atoms with Crippen LogP contribution in [0.4, 0.5) is 0 Å². The number of carbonyl (C=O) groups is 5. The van der Waals surface area contributed by atoms with Crippen LogP contribution in [0.2, 0.25) is 0 Å². The summed E-state index contributed by atoms with van der Waals surface area (Å²) in [6.07, 6.45) is -0.799. The van der Waals surface area contributed by atoms with E-state index < -0.39 is 58.0 Å². The quantitative estimate of drug-likeness (QED) is 0.245. The Morgan fingerprint density at radius 2 is 1.35 bits per heavy atom. The van der Waals surface area contributed by atoms with Gasteiger partial charge in [-0.1, -0.05) is 103 Å². The van der Waals surface area contributed by atoms with Gasteiger partial charge in [-0.15, -0.1) is 0 Å². The fourth-order valence-electron chi connectivity index (χ4n) is 4.74. The van der Waals surface area contributed by atoms with E-state index in [2.05, 4.69) is 5.32 Å². The van der Waals surface area contributed by atoms with Crippen molar-refractivity contribution in [1.29, 1.82) is 0 Å². The highest BCUT2D eigenvalue weighted by Crippen LogP contribution is 2.41. The minimum Gasteiger partial charge on any atom is -0.477 e. The van der Waals surface area contributed by atoms with Gasteiger partial charge in [0, 0.05) is 5.57 Å². The van der Waals surface area contributed by atoms with Crippen LogP contribution < -0.4 is 5.32 Å². The molecule has 1 fully saturated rings. The maximum absolute atomic E-state index is 13.7. The van der Waals surface area contributed by atoms with Crippen LogP contribution in [0.15, 0.2) is 102 Å². The van der Waals surface area contributed by atoms with Crippen LogP contribution in [-0.4, -0.2) is 50.3 Å². The SMILES string of the molecule is CC1=C(C(=O)O)N2C(=O)C(NC(=O)C(C(=O)OC(c3ccccc3)c3ccccc3)c3ccccc3)[C@@H]2SC1=O. The van der Waals surface area contributed by atoms with Crippen molar-refractivity contribution in [3.63, 3.8) is 0 Å². The van der Waals surface area contributed by atoms with Crippen LogP contribution in [0.3, 0.4) is 0 Å². The Morgan fingerprint density at radius 3 is 1.85 bits per heavy atom. The first kappa shape index (κ1) is 26.9. The molecular formula is C30H24N2O7S. The highest BCUT2D eigenvalue weighted by molar-refractivity contribution is 8.14. The number of benzene rings is 3. The number of carboxylic acid groups (broad SMARTS) is 1. The number of ether oxygens (including phenoxy) is 1. The number of amides is 2. The lowest BCUT2D eigenvalue weighted by atomic mass is 9.95. The summed E-state index contributed by atoms with van der Waals surface area (Å²) >= 11 is 0.754. The van der Waals surface area contributed by atoms with Gasteiger partial charge in [-0.05, 0) is 23.6 Å². The van der Waals surface area contributed by atoms with E-state index in [-0.39, 0.29) is 5.57 Å². The first-order valence-corrected chi connectivity index (χ1v) is 13.3. The van der Waals surface area contributed by atoms with Gasteiger partial charge in [-0.3, -0.25) is 24.1 Å². The number of carboxylic acids is 1. The molecule has 3 atom stereocenters. The molecule has 1 saturated heterocycles. The minimum atomic E-state index is -1.43. The molecule has 5 rings (SSSR count). The summed E-state index contributed by atoms with van der Waals surface area (Å²) in [5, 5.41) is 10.7. The van der Waals surface area contributed by atoms with Crippen molar-refractivity contribution in [2.24, 2.45) is 0 Å². The van der Waals surface area contributed by atoms with Gasteiger partial charge < -0.3 is 15.2 Å². The molecule has 3 aromatic carbocycles. The van der Waals surface area contributed by atoms with Gasteiger partial charge in [-0.2, -0.15) is 0 Å². The van der Waals surface area contributed by atoms with Crippen molar-refractivity contribution in [2.45, 2.75) is 30.4 Å². The third-order valence-electron chi connectivity index (χ3n) is 6.74. The van der Waals surface area contributed by atoms with Gasteiger partial charge in [-0.25, -0.2) is 4.79 Å². The number of hydrogen-bond donors (Lipinski definition) is 2. The van der Waals surface area contributed by atoms with Crippen LogP contribution in [0, 0.1) is 0 Å². The molecule has 3 aromatic rings. The molecule has 2 aliphatic heterocycles. The monoisotopic (exact) mass is 556 g/mol. The molecule has 2 unspecified atom stereocenters. The van der Waals surface area contributed by atoms with Crippen LogP contribution in [0.1, 0.15) is 35.6 Å². The molecule has 0 aliphatic carbocycles. The minimum absolute atomic E-state index is 0.0505. The Kier molecular flexibility index (Phi) is 7.52. The van der Waals surface area contributed by atoms with Gasteiger partial charge >= 0.3 is 11.9 Å². The molecule has 2 N–H and O–H groups in total. The van der Waals surface area contributed by atoms with E-state index in [1.807, 2.05) is 60.7 Å². The van der Waals surface area contributed by atoms with E-state index in [0.717, 1.165) is 16.7 Å². The molecule has 0 spiro atoms. The summed E-state index contributed by atoms with van der Waals surface area (Å²) in [5.74, 6) is -5.15. The zero-order valence-corrected chi connectivity index (χ0v) is 22.0. The number of thioether (sulfide) groups is 1. The number of nitrogens with zero attached hydrogens (tertiary/aromatic N) is 1. The molecule has 202 valence electrons. The molecule has 10 heteroatoms. The first-order chi connectivity index (χ1) is 19.3. The van der Waals surface area contributed by atoms with Crippen LogP contribution in [0.5, 0.6) is 0 Å². The third-order valence-corrected chi connectivity index (χ3v) is 7.99. The molecule has 9 nitrogen and oxygen atoms in total. The fourth-order valence-corrected chi connectivity index (χ4v) is 5.87. The van der Waals surface area contributed by atoms with Crippen LogP contribution in [0.25, 0.3) is 0 Å². The lowest BCUT2D eigenvalue weighted by Crippen LogP contribution is -2.71. The topological polar surface area (TPSA) is 130 Å². The van der Waals surface area contributed by atoms with Crippen molar-refractivity contribution < 1.29 is 33.8 Å². The Morgan fingerprint density at radius 1 is 0.850 bits per heavy atom. The van der Waals surface area contributed by atoms with Crippen LogP contribution in [-0.2, 0) is 28.7 Å². The normalized spacial score (nSPS) is 19.0. The second-order valence-corrected chi connectivity index (χ2v) is 10.3. The van der Waals surface area contributed by atoms with Crippen molar-refractivity contribution in [3.05, 3.63) is 119 Å². The zero-order chi connectivity index (χ0) is 28.4. The lowest BCUT2D eigenvalue weighted by molar-refractivity contribution is -0.155. The second-order valence-electron chi connectivity index (χ2n) is 9.25. The standard InChI is InChI=1S/C30H24N2O7S/c1-17-23(28(35)36)32-26(34)22(27(32)40-30(17)38)31-25(33)21(18-11-5-2-6-12-18)29(37)39-24(19-13-7-3-8-14-19)20-15-9-4-10-16-20/h2-16,21-22,24,27H,1H3,(H,31,33)(H,35,36)/t21?,22?,27-/m0/s1. The fraction of sp³-hybridized carbons (Fsp3) is 0.167. The summed E-state index contributed by atoms with van der Waals surface area (Å²) < 4.78 is 5.97. The Hall–Kier alpha value is -4.70. The molecule has 40 heavy (non-hydrogen) atoms. The smallest absolute Gasteiger partial charge is 0.353 e. The van der Waals surface area contributed by atoms with E-state index >= 15 is 0 Å². The number of β-lactam (4-membered cyclic amide) rings is 1. The van der Waals surface area contributed by atoms with Gasteiger partial charge in [0.05, 0.1) is 0 Å². The molecule has 0 bridgehead atoms. The molecular weight excluding hydrogens is 532 g/mol. The predicted molar refractivity (Wildman–Crippen MR) is 146 cm³/mol. The van der Waals surface area contributed by atoms with Gasteiger partial charge in [0.2, 0.25) is 11.0 Å². The number of fused-ring (bicyclic) bond motifs is 1. The first-order valence-electron chi connectivity index (χ1n) is 12.4. The highest BCUT2D eigenvalue weighted by atomic mass is 32.2. The van der Waals surface area contributed by atoms with E-state index in [0.29, 0.717) is 16.7 Å². The average Bonchev–Trinajstić information content (AvgIpc) is 2.97. The van der Waals surface area contributed by atoms with Gasteiger partial charge in [0.1, 0.15) is 17.1 Å². The van der Waals surface area contributed by atoms with E-state index in [9.17, 15) is 29.1 Å². The van der Waals surface area contributed by atoms with Gasteiger partial charge in [0.25, 0.3) is 5.91 Å². The van der Waals surface area contributed by atoms with Crippen molar-refractivity contribution >= 4 is 40.6 Å². The largest absolute Gasteiger partial charge is 0.477 e. The van der Waals surface area contributed by atoms with Gasteiger partial charge in [0.15, 0.2) is 12.0 Å². The molecule has 2 amide bonds.